The van der Waals surface area contributed by atoms with E-state index in [1.807, 2.05) is 44.4 Å². The Morgan fingerprint density at radius 1 is 1.04 bits per heavy atom. The standard InChI is InChI=1S/C20H24N4O3S/c1-24(2)15-17-6-4-16(5-7-17)14-22-20(25)18-8-10-19(11-9-18)28(26,27)23-13-3-12-21/h4-11,23H,3,13-15H2,1-2H3,(H,22,25). The first-order chi connectivity index (χ1) is 13.3. The van der Waals surface area contributed by atoms with E-state index in [-0.39, 0.29) is 23.8 Å². The van der Waals surface area contributed by atoms with E-state index in [0.717, 1.165) is 12.1 Å². The van der Waals surface area contributed by atoms with Crippen molar-refractivity contribution in [2.24, 2.45) is 0 Å². The zero-order chi connectivity index (χ0) is 20.6. The molecule has 28 heavy (non-hydrogen) atoms. The van der Waals surface area contributed by atoms with Crippen LogP contribution in [0.2, 0.25) is 0 Å². The summed E-state index contributed by atoms with van der Waals surface area (Å²) in [5.41, 5.74) is 2.55. The van der Waals surface area contributed by atoms with Gasteiger partial charge in [0, 0.05) is 31.6 Å². The number of hydrogen-bond donors (Lipinski definition) is 2. The molecule has 0 aliphatic rings. The highest BCUT2D eigenvalue weighted by atomic mass is 32.2. The molecule has 8 heteroatoms. The Hall–Kier alpha value is -2.73. The van der Waals surface area contributed by atoms with E-state index in [1.54, 1.807) is 0 Å². The lowest BCUT2D eigenvalue weighted by Crippen LogP contribution is -2.25. The summed E-state index contributed by atoms with van der Waals surface area (Å²) < 4.78 is 26.5. The molecule has 0 unspecified atom stereocenters. The van der Waals surface area contributed by atoms with Crippen LogP contribution in [0.5, 0.6) is 0 Å². The van der Waals surface area contributed by atoms with Gasteiger partial charge >= 0.3 is 0 Å². The lowest BCUT2D eigenvalue weighted by Gasteiger charge is -2.11. The largest absolute Gasteiger partial charge is 0.348 e. The third kappa shape index (κ3) is 6.46. The van der Waals surface area contributed by atoms with Crippen LogP contribution in [0.4, 0.5) is 0 Å². The highest BCUT2D eigenvalue weighted by molar-refractivity contribution is 7.89. The van der Waals surface area contributed by atoms with Gasteiger partial charge in [0.25, 0.3) is 5.91 Å². The number of hydrogen-bond acceptors (Lipinski definition) is 5. The van der Waals surface area contributed by atoms with Crippen LogP contribution in [-0.2, 0) is 23.1 Å². The number of benzene rings is 2. The van der Waals surface area contributed by atoms with Crippen LogP contribution in [0.25, 0.3) is 0 Å². The van der Waals surface area contributed by atoms with Crippen molar-refractivity contribution in [3.05, 3.63) is 65.2 Å². The number of sulfonamides is 1. The first kappa shape index (κ1) is 21.6. The molecule has 0 bridgehead atoms. The number of nitrogens with zero attached hydrogens (tertiary/aromatic N) is 2. The zero-order valence-corrected chi connectivity index (χ0v) is 16.8. The smallest absolute Gasteiger partial charge is 0.251 e. The van der Waals surface area contributed by atoms with Crippen LogP contribution < -0.4 is 10.0 Å². The minimum absolute atomic E-state index is 0.0500. The molecule has 0 aromatic heterocycles. The first-order valence-corrected chi connectivity index (χ1v) is 10.3. The Balaban J connectivity index is 1.93. The summed E-state index contributed by atoms with van der Waals surface area (Å²) in [4.78, 5) is 14.4. The Morgan fingerprint density at radius 3 is 2.21 bits per heavy atom. The minimum atomic E-state index is -3.68. The predicted octanol–water partition coefficient (Wildman–Crippen LogP) is 1.87. The Bertz CT molecular complexity index is 931. The first-order valence-electron chi connectivity index (χ1n) is 8.79. The molecule has 0 radical (unpaired) electrons. The summed E-state index contributed by atoms with van der Waals surface area (Å²) in [5, 5.41) is 11.3. The highest BCUT2D eigenvalue weighted by Crippen LogP contribution is 2.11. The molecule has 0 saturated heterocycles. The summed E-state index contributed by atoms with van der Waals surface area (Å²) in [5.74, 6) is -0.279. The SMILES string of the molecule is CN(C)Cc1ccc(CNC(=O)c2ccc(S(=O)(=O)NCCC#N)cc2)cc1. The third-order valence-electron chi connectivity index (χ3n) is 3.93. The van der Waals surface area contributed by atoms with Gasteiger partial charge in [0.05, 0.1) is 11.0 Å². The molecule has 2 aromatic rings. The van der Waals surface area contributed by atoms with E-state index in [2.05, 4.69) is 14.9 Å². The minimum Gasteiger partial charge on any atom is -0.348 e. The Kier molecular flexibility index (Phi) is 7.70. The van der Waals surface area contributed by atoms with Gasteiger partial charge in [0.2, 0.25) is 10.0 Å². The van der Waals surface area contributed by atoms with Gasteiger partial charge < -0.3 is 10.2 Å². The van der Waals surface area contributed by atoms with Crippen molar-refractivity contribution in [3.8, 4) is 6.07 Å². The average Bonchev–Trinajstić information content (AvgIpc) is 2.67. The fraction of sp³-hybridized carbons (Fsp3) is 0.300. The van der Waals surface area contributed by atoms with E-state index in [4.69, 9.17) is 5.26 Å². The number of amides is 1. The van der Waals surface area contributed by atoms with Crippen molar-refractivity contribution in [2.45, 2.75) is 24.4 Å². The van der Waals surface area contributed by atoms with Gasteiger partial charge in [0.1, 0.15) is 0 Å². The zero-order valence-electron chi connectivity index (χ0n) is 16.0. The number of carbonyl (C=O) groups is 1. The second-order valence-electron chi connectivity index (χ2n) is 6.57. The Morgan fingerprint density at radius 2 is 1.64 bits per heavy atom. The van der Waals surface area contributed by atoms with E-state index in [1.165, 1.54) is 29.8 Å². The molecule has 0 aliphatic carbocycles. The van der Waals surface area contributed by atoms with Crippen LogP contribution in [-0.4, -0.2) is 39.9 Å². The summed E-state index contributed by atoms with van der Waals surface area (Å²) in [7, 11) is 0.335. The number of nitrogens with one attached hydrogen (secondary N) is 2. The van der Waals surface area contributed by atoms with E-state index in [9.17, 15) is 13.2 Å². The topological polar surface area (TPSA) is 102 Å². The number of carbonyl (C=O) groups excluding carboxylic acids is 1. The van der Waals surface area contributed by atoms with Gasteiger partial charge in [-0.3, -0.25) is 4.79 Å². The Labute approximate surface area is 166 Å². The van der Waals surface area contributed by atoms with Crippen LogP contribution in [0.15, 0.2) is 53.4 Å². The van der Waals surface area contributed by atoms with Crippen molar-refractivity contribution in [3.63, 3.8) is 0 Å². The molecule has 1 amide bonds. The molecule has 0 fully saturated rings. The van der Waals surface area contributed by atoms with E-state index in [0.29, 0.717) is 12.1 Å². The maximum absolute atomic E-state index is 12.3. The molecule has 2 aromatic carbocycles. The van der Waals surface area contributed by atoms with E-state index >= 15 is 0 Å². The molecular formula is C20H24N4O3S. The van der Waals surface area contributed by atoms with Gasteiger partial charge in [-0.1, -0.05) is 24.3 Å². The number of rotatable bonds is 9. The lowest BCUT2D eigenvalue weighted by atomic mass is 10.1. The fourth-order valence-electron chi connectivity index (χ4n) is 2.52. The van der Waals surface area contributed by atoms with Crippen molar-refractivity contribution in [1.29, 1.82) is 5.26 Å². The van der Waals surface area contributed by atoms with Gasteiger partial charge in [-0.25, -0.2) is 13.1 Å². The number of nitriles is 1. The maximum Gasteiger partial charge on any atom is 0.251 e. The van der Waals surface area contributed by atoms with Crippen molar-refractivity contribution < 1.29 is 13.2 Å². The average molecular weight is 401 g/mol. The van der Waals surface area contributed by atoms with Gasteiger partial charge in [0.15, 0.2) is 0 Å². The third-order valence-corrected chi connectivity index (χ3v) is 5.41. The second-order valence-corrected chi connectivity index (χ2v) is 8.33. The monoisotopic (exact) mass is 400 g/mol. The molecule has 0 atom stereocenters. The highest BCUT2D eigenvalue weighted by Gasteiger charge is 2.14. The van der Waals surface area contributed by atoms with Crippen molar-refractivity contribution in [1.82, 2.24) is 14.9 Å². The molecule has 148 valence electrons. The molecule has 0 aliphatic heterocycles. The van der Waals surface area contributed by atoms with Crippen LogP contribution in [0.1, 0.15) is 27.9 Å². The molecule has 0 spiro atoms. The van der Waals surface area contributed by atoms with Crippen LogP contribution in [0.3, 0.4) is 0 Å². The summed E-state index contributed by atoms with van der Waals surface area (Å²) >= 11 is 0. The molecule has 0 heterocycles. The van der Waals surface area contributed by atoms with Crippen LogP contribution in [0, 0.1) is 11.3 Å². The van der Waals surface area contributed by atoms with Crippen molar-refractivity contribution >= 4 is 15.9 Å². The normalized spacial score (nSPS) is 11.2. The molecule has 7 nitrogen and oxygen atoms in total. The predicted molar refractivity (Wildman–Crippen MR) is 107 cm³/mol. The lowest BCUT2D eigenvalue weighted by molar-refractivity contribution is 0.0951. The van der Waals surface area contributed by atoms with Gasteiger partial charge in [-0.2, -0.15) is 5.26 Å². The fourth-order valence-corrected chi connectivity index (χ4v) is 3.55. The molecular weight excluding hydrogens is 376 g/mol. The molecule has 2 rings (SSSR count). The van der Waals surface area contributed by atoms with Gasteiger partial charge in [-0.05, 0) is 49.5 Å². The van der Waals surface area contributed by atoms with Gasteiger partial charge in [-0.15, -0.1) is 0 Å². The summed E-state index contributed by atoms with van der Waals surface area (Å²) in [6, 6.07) is 15.6. The van der Waals surface area contributed by atoms with Crippen molar-refractivity contribution in [2.75, 3.05) is 20.6 Å². The summed E-state index contributed by atoms with van der Waals surface area (Å²) in [6.07, 6.45) is 0.0931. The maximum atomic E-state index is 12.3. The molecule has 2 N–H and O–H groups in total. The van der Waals surface area contributed by atoms with Crippen LogP contribution >= 0.6 is 0 Å². The quantitative estimate of drug-likeness (QED) is 0.626. The second kappa shape index (κ2) is 9.99. The summed E-state index contributed by atoms with van der Waals surface area (Å²) in [6.45, 7) is 1.29. The van der Waals surface area contributed by atoms with E-state index < -0.39 is 10.0 Å². The molecule has 0 saturated carbocycles.